The van der Waals surface area contributed by atoms with Gasteiger partial charge >= 0.3 is 0 Å². The van der Waals surface area contributed by atoms with E-state index in [4.69, 9.17) is 4.74 Å². The van der Waals surface area contributed by atoms with E-state index in [1.807, 2.05) is 12.1 Å². The van der Waals surface area contributed by atoms with Crippen LogP contribution in [0.25, 0.3) is 0 Å². The molecule has 2 fully saturated rings. The van der Waals surface area contributed by atoms with Crippen molar-refractivity contribution >= 4 is 11.8 Å². The number of hydrogen-bond donors (Lipinski definition) is 2. The van der Waals surface area contributed by atoms with Crippen molar-refractivity contribution in [3.05, 3.63) is 30.1 Å². The molecule has 1 aromatic rings. The standard InChI is InChI=1S/C22H33N3O3/c1-2-13-28-20-14-18(22(27)24-15-17-3-4-17)6-7-19(20)25-21(26)8-5-16-9-11-23-12-10-16/h9-12,17-20H,2-8,13-15H2,1H3,(H,24,27)(H,25,26)/t18-,19-,20-/m0/s1. The summed E-state index contributed by atoms with van der Waals surface area (Å²) in [6, 6.07) is 3.86. The predicted molar refractivity (Wildman–Crippen MR) is 108 cm³/mol. The fraction of sp³-hybridized carbons (Fsp3) is 0.682. The van der Waals surface area contributed by atoms with Crippen molar-refractivity contribution < 1.29 is 14.3 Å². The molecule has 0 aromatic carbocycles. The Morgan fingerprint density at radius 2 is 1.96 bits per heavy atom. The van der Waals surface area contributed by atoms with Crippen LogP contribution in [0.2, 0.25) is 0 Å². The molecule has 2 aliphatic carbocycles. The molecule has 2 amide bonds. The van der Waals surface area contributed by atoms with Gasteiger partial charge in [-0.2, -0.15) is 0 Å². The monoisotopic (exact) mass is 387 g/mol. The molecule has 2 aliphatic rings. The zero-order valence-corrected chi connectivity index (χ0v) is 16.9. The van der Waals surface area contributed by atoms with Crippen LogP contribution in [0.5, 0.6) is 0 Å². The van der Waals surface area contributed by atoms with Gasteiger partial charge in [-0.05, 0) is 68.6 Å². The lowest BCUT2D eigenvalue weighted by Crippen LogP contribution is -2.50. The number of aromatic nitrogens is 1. The van der Waals surface area contributed by atoms with E-state index in [2.05, 4.69) is 22.5 Å². The second kappa shape index (κ2) is 10.6. The van der Waals surface area contributed by atoms with Crippen LogP contribution in [0, 0.1) is 11.8 Å². The van der Waals surface area contributed by atoms with Crippen LogP contribution < -0.4 is 10.6 Å². The molecule has 3 atom stereocenters. The Hall–Kier alpha value is -1.95. The molecular formula is C22H33N3O3. The average Bonchev–Trinajstić information content (AvgIpc) is 3.55. The van der Waals surface area contributed by atoms with Crippen molar-refractivity contribution in [1.82, 2.24) is 15.6 Å². The van der Waals surface area contributed by atoms with Crippen LogP contribution >= 0.6 is 0 Å². The Morgan fingerprint density at radius 3 is 2.68 bits per heavy atom. The highest BCUT2D eigenvalue weighted by Gasteiger charge is 2.35. The first-order valence-electron chi connectivity index (χ1n) is 10.7. The second-order valence-corrected chi connectivity index (χ2v) is 8.14. The van der Waals surface area contributed by atoms with E-state index in [0.29, 0.717) is 31.8 Å². The maximum atomic E-state index is 12.5. The summed E-state index contributed by atoms with van der Waals surface area (Å²) >= 11 is 0. The van der Waals surface area contributed by atoms with E-state index >= 15 is 0 Å². The Balaban J connectivity index is 1.47. The van der Waals surface area contributed by atoms with Crippen LogP contribution in [0.1, 0.15) is 57.4 Å². The molecule has 2 saturated carbocycles. The molecular weight excluding hydrogens is 354 g/mol. The summed E-state index contributed by atoms with van der Waals surface area (Å²) < 4.78 is 6.02. The van der Waals surface area contributed by atoms with Gasteiger partial charge in [-0.25, -0.2) is 0 Å². The highest BCUT2D eigenvalue weighted by molar-refractivity contribution is 5.79. The average molecular weight is 388 g/mol. The summed E-state index contributed by atoms with van der Waals surface area (Å²) in [6.07, 6.45) is 10.2. The lowest BCUT2D eigenvalue weighted by molar-refractivity contribution is -0.129. The van der Waals surface area contributed by atoms with Gasteiger partial charge < -0.3 is 15.4 Å². The SMILES string of the molecule is CCCO[C@H]1C[C@@H](C(=O)NCC2CC2)CC[C@@H]1NC(=O)CCc1ccncc1. The Kier molecular flexibility index (Phi) is 7.83. The molecule has 0 aliphatic heterocycles. The first-order chi connectivity index (χ1) is 13.7. The molecule has 0 radical (unpaired) electrons. The van der Waals surface area contributed by atoms with Crippen molar-refractivity contribution in [3.8, 4) is 0 Å². The zero-order valence-electron chi connectivity index (χ0n) is 16.9. The van der Waals surface area contributed by atoms with Gasteiger partial charge in [0.05, 0.1) is 12.1 Å². The summed E-state index contributed by atoms with van der Waals surface area (Å²) in [5, 5.41) is 6.25. The molecule has 0 bridgehead atoms. The van der Waals surface area contributed by atoms with Gasteiger partial charge in [-0.3, -0.25) is 14.6 Å². The number of aryl methyl sites for hydroxylation is 1. The van der Waals surface area contributed by atoms with Crippen LogP contribution in [0.15, 0.2) is 24.5 Å². The number of pyridine rings is 1. The normalized spacial score (nSPS) is 24.5. The van der Waals surface area contributed by atoms with E-state index in [9.17, 15) is 9.59 Å². The Morgan fingerprint density at radius 1 is 1.18 bits per heavy atom. The van der Waals surface area contributed by atoms with Gasteiger partial charge in [0, 0.05) is 37.9 Å². The maximum absolute atomic E-state index is 12.5. The minimum absolute atomic E-state index is 0.00873. The number of nitrogens with zero attached hydrogens (tertiary/aromatic N) is 1. The molecule has 6 heteroatoms. The van der Waals surface area contributed by atoms with Gasteiger partial charge in [0.2, 0.25) is 11.8 Å². The van der Waals surface area contributed by atoms with Crippen molar-refractivity contribution in [1.29, 1.82) is 0 Å². The summed E-state index contributed by atoms with van der Waals surface area (Å²) in [6.45, 7) is 3.54. The molecule has 1 aromatic heterocycles. The quantitative estimate of drug-likeness (QED) is 0.647. The third-order valence-electron chi connectivity index (χ3n) is 5.70. The number of ether oxygens (including phenoxy) is 1. The van der Waals surface area contributed by atoms with Crippen molar-refractivity contribution in [2.45, 2.75) is 70.4 Å². The highest BCUT2D eigenvalue weighted by atomic mass is 16.5. The number of hydrogen-bond acceptors (Lipinski definition) is 4. The van der Waals surface area contributed by atoms with Crippen LogP contribution in [-0.4, -0.2) is 42.1 Å². The molecule has 0 unspecified atom stereocenters. The largest absolute Gasteiger partial charge is 0.376 e. The summed E-state index contributed by atoms with van der Waals surface area (Å²) in [5.41, 5.74) is 1.11. The minimum atomic E-state index is -0.0877. The third kappa shape index (κ3) is 6.59. The molecule has 6 nitrogen and oxygen atoms in total. The van der Waals surface area contributed by atoms with Crippen molar-refractivity contribution in [2.24, 2.45) is 11.8 Å². The fourth-order valence-corrected chi connectivity index (χ4v) is 3.78. The first kappa shape index (κ1) is 20.8. The minimum Gasteiger partial charge on any atom is -0.376 e. The maximum Gasteiger partial charge on any atom is 0.223 e. The van der Waals surface area contributed by atoms with Gasteiger partial charge in [-0.15, -0.1) is 0 Å². The lowest BCUT2D eigenvalue weighted by atomic mass is 9.83. The summed E-state index contributed by atoms with van der Waals surface area (Å²) in [4.78, 5) is 28.9. The fourth-order valence-electron chi connectivity index (χ4n) is 3.78. The van der Waals surface area contributed by atoms with Gasteiger partial charge in [0.25, 0.3) is 0 Å². The van der Waals surface area contributed by atoms with Crippen LogP contribution in [0.3, 0.4) is 0 Å². The van der Waals surface area contributed by atoms with Gasteiger partial charge in [0.1, 0.15) is 0 Å². The zero-order chi connectivity index (χ0) is 19.8. The summed E-state index contributed by atoms with van der Waals surface area (Å²) in [7, 11) is 0. The highest BCUT2D eigenvalue weighted by Crippen LogP contribution is 2.30. The predicted octanol–water partition coefficient (Wildman–Crippen LogP) is 2.62. The Labute approximate surface area is 167 Å². The van der Waals surface area contributed by atoms with Crippen LogP contribution in [-0.2, 0) is 20.7 Å². The topological polar surface area (TPSA) is 80.3 Å². The smallest absolute Gasteiger partial charge is 0.223 e. The van der Waals surface area contributed by atoms with Gasteiger partial charge in [-0.1, -0.05) is 6.92 Å². The molecule has 0 spiro atoms. The van der Waals surface area contributed by atoms with E-state index in [1.54, 1.807) is 12.4 Å². The first-order valence-corrected chi connectivity index (χ1v) is 10.7. The number of nitrogens with one attached hydrogen (secondary N) is 2. The molecule has 3 rings (SSSR count). The molecule has 154 valence electrons. The number of carbonyl (C=O) groups excluding carboxylic acids is 2. The van der Waals surface area contributed by atoms with E-state index in [-0.39, 0.29) is 29.9 Å². The molecule has 0 saturated heterocycles. The summed E-state index contributed by atoms with van der Waals surface area (Å²) in [5.74, 6) is 0.876. The molecule has 2 N–H and O–H groups in total. The van der Waals surface area contributed by atoms with Crippen molar-refractivity contribution in [3.63, 3.8) is 0 Å². The van der Waals surface area contributed by atoms with E-state index in [1.165, 1.54) is 12.8 Å². The third-order valence-corrected chi connectivity index (χ3v) is 5.70. The van der Waals surface area contributed by atoms with E-state index < -0.39 is 0 Å². The van der Waals surface area contributed by atoms with E-state index in [0.717, 1.165) is 31.4 Å². The number of amides is 2. The lowest BCUT2D eigenvalue weighted by Gasteiger charge is -2.36. The number of carbonyl (C=O) groups is 2. The van der Waals surface area contributed by atoms with Crippen molar-refractivity contribution in [2.75, 3.05) is 13.2 Å². The Bertz CT molecular complexity index is 633. The second-order valence-electron chi connectivity index (χ2n) is 8.14. The molecule has 28 heavy (non-hydrogen) atoms. The van der Waals surface area contributed by atoms with Gasteiger partial charge in [0.15, 0.2) is 0 Å². The molecule has 1 heterocycles. The number of rotatable bonds is 10. The van der Waals surface area contributed by atoms with Crippen LogP contribution in [0.4, 0.5) is 0 Å².